The highest BCUT2D eigenvalue weighted by atomic mass is 19.4. The van der Waals surface area contributed by atoms with E-state index in [2.05, 4.69) is 40.8 Å². The third kappa shape index (κ3) is 4.62. The summed E-state index contributed by atoms with van der Waals surface area (Å²) in [6.07, 6.45) is -2.17. The highest BCUT2D eigenvalue weighted by Crippen LogP contribution is 2.24. The minimum atomic E-state index is -4.70. The van der Waals surface area contributed by atoms with Crippen LogP contribution in [0.3, 0.4) is 0 Å². The van der Waals surface area contributed by atoms with Crippen LogP contribution < -0.4 is 4.74 Å². The first-order valence-electron chi connectivity index (χ1n) is 8.17. The first-order chi connectivity index (χ1) is 12.3. The zero-order valence-corrected chi connectivity index (χ0v) is 14.4. The Morgan fingerprint density at radius 3 is 2.23 bits per heavy atom. The van der Waals surface area contributed by atoms with Gasteiger partial charge in [0.05, 0.1) is 5.69 Å². The van der Waals surface area contributed by atoms with Crippen molar-refractivity contribution < 1.29 is 17.9 Å². The molecule has 0 aliphatic carbocycles. The molecule has 26 heavy (non-hydrogen) atoms. The number of rotatable bonds is 5. The van der Waals surface area contributed by atoms with Crippen molar-refractivity contribution >= 4 is 0 Å². The number of halogens is 3. The quantitative estimate of drug-likeness (QED) is 0.640. The van der Waals surface area contributed by atoms with Gasteiger partial charge in [-0.3, -0.25) is 0 Å². The van der Waals surface area contributed by atoms with E-state index in [9.17, 15) is 13.2 Å². The monoisotopic (exact) mass is 361 g/mol. The van der Waals surface area contributed by atoms with E-state index in [1.54, 1.807) is 0 Å². The van der Waals surface area contributed by atoms with E-state index in [1.165, 1.54) is 40.8 Å². The van der Waals surface area contributed by atoms with Gasteiger partial charge in [0.15, 0.2) is 5.82 Å². The summed E-state index contributed by atoms with van der Waals surface area (Å²) >= 11 is 0. The van der Waals surface area contributed by atoms with Crippen molar-refractivity contribution in [1.82, 2.24) is 14.8 Å². The van der Waals surface area contributed by atoms with Crippen LogP contribution >= 0.6 is 0 Å². The van der Waals surface area contributed by atoms with Crippen LogP contribution in [0.1, 0.15) is 19.4 Å². The smallest absolute Gasteiger partial charge is 0.406 e. The largest absolute Gasteiger partial charge is 0.573 e. The molecule has 0 aliphatic heterocycles. The SMILES string of the molecule is CC(C)Cc1ccc(-c2ncn(-c3ccc(OC(F)(F)F)cc3)n2)cc1. The van der Waals surface area contributed by atoms with Crippen molar-refractivity contribution in [3.05, 3.63) is 60.4 Å². The lowest BCUT2D eigenvalue weighted by atomic mass is 10.0. The van der Waals surface area contributed by atoms with Crippen molar-refractivity contribution in [2.75, 3.05) is 0 Å². The molecule has 3 rings (SSSR count). The topological polar surface area (TPSA) is 39.9 Å². The number of hydrogen-bond donors (Lipinski definition) is 0. The van der Waals surface area contributed by atoms with Gasteiger partial charge >= 0.3 is 6.36 Å². The third-order valence-electron chi connectivity index (χ3n) is 3.68. The molecule has 0 atom stereocenters. The fourth-order valence-electron chi connectivity index (χ4n) is 2.58. The van der Waals surface area contributed by atoms with Crippen LogP contribution in [0.15, 0.2) is 54.9 Å². The van der Waals surface area contributed by atoms with Gasteiger partial charge in [-0.25, -0.2) is 9.67 Å². The van der Waals surface area contributed by atoms with Gasteiger partial charge in [-0.05, 0) is 42.2 Å². The van der Waals surface area contributed by atoms with Gasteiger partial charge in [-0.15, -0.1) is 18.3 Å². The first kappa shape index (κ1) is 18.0. The molecule has 2 aromatic carbocycles. The molecule has 1 heterocycles. The molecule has 0 radical (unpaired) electrons. The molecule has 0 fully saturated rings. The molecule has 7 heteroatoms. The second-order valence-electron chi connectivity index (χ2n) is 6.35. The molecular formula is C19H18F3N3O. The number of hydrogen-bond acceptors (Lipinski definition) is 3. The Hall–Kier alpha value is -2.83. The Morgan fingerprint density at radius 1 is 1.00 bits per heavy atom. The lowest BCUT2D eigenvalue weighted by molar-refractivity contribution is -0.274. The molecule has 4 nitrogen and oxygen atoms in total. The Kier molecular flexibility index (Phi) is 4.97. The molecule has 0 saturated carbocycles. The summed E-state index contributed by atoms with van der Waals surface area (Å²) in [6, 6.07) is 13.5. The summed E-state index contributed by atoms with van der Waals surface area (Å²) in [5.41, 5.74) is 2.73. The highest BCUT2D eigenvalue weighted by molar-refractivity contribution is 5.55. The normalized spacial score (nSPS) is 11.8. The van der Waals surface area contributed by atoms with Crippen molar-refractivity contribution in [3.63, 3.8) is 0 Å². The van der Waals surface area contributed by atoms with Crippen molar-refractivity contribution in [3.8, 4) is 22.8 Å². The van der Waals surface area contributed by atoms with E-state index < -0.39 is 6.36 Å². The van der Waals surface area contributed by atoms with Gasteiger partial charge < -0.3 is 4.74 Å². The molecule has 0 bridgehead atoms. The zero-order valence-electron chi connectivity index (χ0n) is 14.4. The molecule has 1 aromatic heterocycles. The maximum atomic E-state index is 12.2. The zero-order chi connectivity index (χ0) is 18.7. The van der Waals surface area contributed by atoms with Crippen LogP contribution in [0.2, 0.25) is 0 Å². The van der Waals surface area contributed by atoms with E-state index in [4.69, 9.17) is 0 Å². The van der Waals surface area contributed by atoms with Crippen molar-refractivity contribution in [1.29, 1.82) is 0 Å². The second kappa shape index (κ2) is 7.19. The highest BCUT2D eigenvalue weighted by Gasteiger charge is 2.30. The lowest BCUT2D eigenvalue weighted by Crippen LogP contribution is -2.17. The van der Waals surface area contributed by atoms with Crippen molar-refractivity contribution in [2.24, 2.45) is 5.92 Å². The summed E-state index contributed by atoms with van der Waals surface area (Å²) in [5, 5.41) is 4.39. The minimum absolute atomic E-state index is 0.276. The van der Waals surface area contributed by atoms with E-state index in [-0.39, 0.29) is 5.75 Å². The molecule has 0 N–H and O–H groups in total. The van der Waals surface area contributed by atoms with Gasteiger partial charge in [0, 0.05) is 5.56 Å². The van der Waals surface area contributed by atoms with Crippen LogP contribution in [0, 0.1) is 5.92 Å². The third-order valence-corrected chi connectivity index (χ3v) is 3.68. The lowest BCUT2D eigenvalue weighted by Gasteiger charge is -2.09. The van der Waals surface area contributed by atoms with Crippen molar-refractivity contribution in [2.45, 2.75) is 26.6 Å². The summed E-state index contributed by atoms with van der Waals surface area (Å²) in [5.74, 6) is 0.863. The van der Waals surface area contributed by atoms with Gasteiger partial charge in [0.1, 0.15) is 12.1 Å². The number of alkyl halides is 3. The van der Waals surface area contributed by atoms with E-state index in [1.807, 2.05) is 12.1 Å². The molecule has 3 aromatic rings. The van der Waals surface area contributed by atoms with Gasteiger partial charge in [0.2, 0.25) is 0 Å². The maximum absolute atomic E-state index is 12.2. The van der Waals surface area contributed by atoms with Gasteiger partial charge in [0.25, 0.3) is 0 Å². The van der Waals surface area contributed by atoms with Gasteiger partial charge in [-0.2, -0.15) is 0 Å². The van der Waals surface area contributed by atoms with E-state index in [0.29, 0.717) is 17.4 Å². The molecule has 0 aliphatic rings. The molecule has 0 amide bonds. The Bertz CT molecular complexity index is 853. The predicted molar refractivity (Wildman–Crippen MR) is 92.0 cm³/mol. The summed E-state index contributed by atoms with van der Waals surface area (Å²) in [7, 11) is 0. The van der Waals surface area contributed by atoms with Crippen LogP contribution in [0.4, 0.5) is 13.2 Å². The Labute approximate surface area is 149 Å². The molecule has 0 saturated heterocycles. The van der Waals surface area contributed by atoms with E-state index >= 15 is 0 Å². The van der Waals surface area contributed by atoms with E-state index in [0.717, 1.165) is 12.0 Å². The summed E-state index contributed by atoms with van der Waals surface area (Å²) < 4.78 is 42.0. The Balaban J connectivity index is 1.75. The number of nitrogens with zero attached hydrogens (tertiary/aromatic N) is 3. The minimum Gasteiger partial charge on any atom is -0.406 e. The average Bonchev–Trinajstić information content (AvgIpc) is 3.04. The fraction of sp³-hybridized carbons (Fsp3) is 0.263. The Morgan fingerprint density at radius 2 is 1.65 bits per heavy atom. The number of aromatic nitrogens is 3. The van der Waals surface area contributed by atoms with Crippen LogP contribution in [0.25, 0.3) is 17.1 Å². The molecular weight excluding hydrogens is 343 g/mol. The number of ether oxygens (including phenoxy) is 1. The van der Waals surface area contributed by atoms with Crippen LogP contribution in [0.5, 0.6) is 5.75 Å². The maximum Gasteiger partial charge on any atom is 0.573 e. The second-order valence-corrected chi connectivity index (χ2v) is 6.35. The predicted octanol–water partition coefficient (Wildman–Crippen LogP) is 5.03. The first-order valence-corrected chi connectivity index (χ1v) is 8.17. The summed E-state index contributed by atoms with van der Waals surface area (Å²) in [4.78, 5) is 4.28. The van der Waals surface area contributed by atoms with Crippen LogP contribution in [-0.4, -0.2) is 21.1 Å². The molecule has 0 unspecified atom stereocenters. The summed E-state index contributed by atoms with van der Waals surface area (Å²) in [6.45, 7) is 4.34. The standard InChI is InChI=1S/C19H18F3N3O/c1-13(2)11-14-3-5-15(6-4-14)18-23-12-25(24-18)16-7-9-17(10-8-16)26-19(20,21)22/h3-10,12-13H,11H2,1-2H3. The molecule has 0 spiro atoms. The van der Waals surface area contributed by atoms with Gasteiger partial charge in [-0.1, -0.05) is 38.1 Å². The number of benzene rings is 2. The fourth-order valence-corrected chi connectivity index (χ4v) is 2.58. The average molecular weight is 361 g/mol. The molecule has 136 valence electrons. The van der Waals surface area contributed by atoms with Crippen LogP contribution in [-0.2, 0) is 6.42 Å².